The average Bonchev–Trinajstić information content (AvgIpc) is 2.81. The molecule has 1 aliphatic rings. The van der Waals surface area contributed by atoms with E-state index in [4.69, 9.17) is 5.73 Å². The molecule has 2 rings (SSSR count). The SMILES string of the molecule is Cc1ccc([C@@H]2C[C@H]2N)cc1C(F)(F)F. The summed E-state index contributed by atoms with van der Waals surface area (Å²) in [6, 6.07) is 4.52. The van der Waals surface area contributed by atoms with Crippen LogP contribution in [0.1, 0.15) is 29.0 Å². The van der Waals surface area contributed by atoms with E-state index in [1.165, 1.54) is 19.1 Å². The van der Waals surface area contributed by atoms with Gasteiger partial charge in [-0.1, -0.05) is 12.1 Å². The Balaban J connectivity index is 2.37. The van der Waals surface area contributed by atoms with E-state index in [1.54, 1.807) is 6.07 Å². The summed E-state index contributed by atoms with van der Waals surface area (Å²) < 4.78 is 37.7. The van der Waals surface area contributed by atoms with Crippen LogP contribution in [0.25, 0.3) is 0 Å². The highest BCUT2D eigenvalue weighted by Gasteiger charge is 2.38. The third kappa shape index (κ3) is 2.00. The maximum absolute atomic E-state index is 12.6. The van der Waals surface area contributed by atoms with Crippen molar-refractivity contribution < 1.29 is 13.2 Å². The number of rotatable bonds is 1. The highest BCUT2D eigenvalue weighted by molar-refractivity contribution is 5.37. The number of benzene rings is 1. The first-order valence-corrected chi connectivity index (χ1v) is 4.83. The first kappa shape index (κ1) is 10.5. The Hall–Kier alpha value is -1.03. The first-order valence-electron chi connectivity index (χ1n) is 4.83. The Morgan fingerprint density at radius 3 is 2.40 bits per heavy atom. The highest BCUT2D eigenvalue weighted by Crippen LogP contribution is 2.41. The minimum absolute atomic E-state index is 0.0359. The number of aryl methyl sites for hydroxylation is 1. The molecule has 2 N–H and O–H groups in total. The topological polar surface area (TPSA) is 26.0 Å². The zero-order valence-electron chi connectivity index (χ0n) is 8.31. The number of halogens is 3. The zero-order valence-corrected chi connectivity index (χ0v) is 8.31. The predicted octanol–water partition coefficient (Wildman–Crippen LogP) is 2.83. The van der Waals surface area contributed by atoms with Crippen LogP contribution < -0.4 is 5.73 Å². The van der Waals surface area contributed by atoms with E-state index >= 15 is 0 Å². The summed E-state index contributed by atoms with van der Waals surface area (Å²) in [7, 11) is 0. The van der Waals surface area contributed by atoms with Crippen molar-refractivity contribution >= 4 is 0 Å². The van der Waals surface area contributed by atoms with E-state index in [-0.39, 0.29) is 17.5 Å². The molecule has 0 saturated heterocycles. The lowest BCUT2D eigenvalue weighted by atomic mass is 10.0. The van der Waals surface area contributed by atoms with Crippen LogP contribution in [-0.4, -0.2) is 6.04 Å². The number of alkyl halides is 3. The molecule has 1 nitrogen and oxygen atoms in total. The van der Waals surface area contributed by atoms with Crippen molar-refractivity contribution in [2.75, 3.05) is 0 Å². The maximum atomic E-state index is 12.6. The number of nitrogens with two attached hydrogens (primary N) is 1. The summed E-state index contributed by atoms with van der Waals surface area (Å²) in [6.45, 7) is 1.47. The van der Waals surface area contributed by atoms with Crippen molar-refractivity contribution in [1.82, 2.24) is 0 Å². The van der Waals surface area contributed by atoms with Crippen LogP contribution >= 0.6 is 0 Å². The van der Waals surface area contributed by atoms with E-state index in [9.17, 15) is 13.2 Å². The molecule has 1 aromatic carbocycles. The van der Waals surface area contributed by atoms with E-state index in [0.29, 0.717) is 5.56 Å². The van der Waals surface area contributed by atoms with Gasteiger partial charge in [-0.25, -0.2) is 0 Å². The van der Waals surface area contributed by atoms with E-state index in [1.807, 2.05) is 0 Å². The van der Waals surface area contributed by atoms with Crippen LogP contribution in [0.4, 0.5) is 13.2 Å². The third-order valence-corrected chi connectivity index (χ3v) is 2.83. The molecule has 0 heterocycles. The molecule has 0 unspecified atom stereocenters. The largest absolute Gasteiger partial charge is 0.416 e. The molecule has 82 valence electrons. The second-order valence-corrected chi connectivity index (χ2v) is 4.08. The van der Waals surface area contributed by atoms with Gasteiger partial charge in [0.1, 0.15) is 0 Å². The van der Waals surface area contributed by atoms with Gasteiger partial charge >= 0.3 is 6.18 Å². The third-order valence-electron chi connectivity index (χ3n) is 2.83. The van der Waals surface area contributed by atoms with Crippen molar-refractivity contribution in [3.05, 3.63) is 34.9 Å². The Morgan fingerprint density at radius 2 is 1.93 bits per heavy atom. The fourth-order valence-corrected chi connectivity index (χ4v) is 1.77. The van der Waals surface area contributed by atoms with Gasteiger partial charge in [0, 0.05) is 12.0 Å². The summed E-state index contributed by atoms with van der Waals surface area (Å²) in [4.78, 5) is 0. The Bertz CT molecular complexity index is 384. The van der Waals surface area contributed by atoms with Gasteiger partial charge in [-0.2, -0.15) is 13.2 Å². The second-order valence-electron chi connectivity index (χ2n) is 4.08. The average molecular weight is 215 g/mol. The normalized spacial score (nSPS) is 25.4. The van der Waals surface area contributed by atoms with Gasteiger partial charge in [0.2, 0.25) is 0 Å². The van der Waals surface area contributed by atoms with Crippen LogP contribution in [0.15, 0.2) is 18.2 Å². The minimum atomic E-state index is -4.26. The Kier molecular flexibility index (Phi) is 2.26. The Labute approximate surface area is 86.1 Å². The molecular formula is C11H12F3N. The highest BCUT2D eigenvalue weighted by atomic mass is 19.4. The molecule has 0 amide bonds. The fourth-order valence-electron chi connectivity index (χ4n) is 1.77. The molecule has 0 aromatic heterocycles. The summed E-state index contributed by atoms with van der Waals surface area (Å²) in [5.41, 5.74) is 6.04. The molecule has 1 aromatic rings. The molecule has 2 atom stereocenters. The molecule has 0 bridgehead atoms. The van der Waals surface area contributed by atoms with Crippen molar-refractivity contribution in [3.8, 4) is 0 Å². The van der Waals surface area contributed by atoms with Crippen LogP contribution in [0.3, 0.4) is 0 Å². The standard InChI is InChI=1S/C11H12F3N/c1-6-2-3-7(8-5-10(8)15)4-9(6)11(12,13)14/h2-4,8,10H,5,15H2,1H3/t8-,10+/m0/s1. The van der Waals surface area contributed by atoms with E-state index < -0.39 is 11.7 Å². The molecule has 4 heteroatoms. The summed E-state index contributed by atoms with van der Waals surface area (Å²) in [5.74, 6) is 0.117. The van der Waals surface area contributed by atoms with Crippen LogP contribution in [-0.2, 0) is 6.18 Å². The minimum Gasteiger partial charge on any atom is -0.327 e. The van der Waals surface area contributed by atoms with Gasteiger partial charge in [0.05, 0.1) is 5.56 Å². The lowest BCUT2D eigenvalue weighted by Gasteiger charge is -2.11. The molecule has 0 radical (unpaired) electrons. The zero-order chi connectivity index (χ0) is 11.2. The quantitative estimate of drug-likeness (QED) is 0.765. The maximum Gasteiger partial charge on any atom is 0.416 e. The van der Waals surface area contributed by atoms with Crippen LogP contribution in [0.2, 0.25) is 0 Å². The molecule has 1 saturated carbocycles. The number of hydrogen-bond acceptors (Lipinski definition) is 1. The van der Waals surface area contributed by atoms with E-state index in [0.717, 1.165) is 6.42 Å². The lowest BCUT2D eigenvalue weighted by Crippen LogP contribution is -2.09. The lowest BCUT2D eigenvalue weighted by molar-refractivity contribution is -0.138. The van der Waals surface area contributed by atoms with Crippen molar-refractivity contribution in [2.45, 2.75) is 31.5 Å². The van der Waals surface area contributed by atoms with Gasteiger partial charge in [-0.15, -0.1) is 0 Å². The van der Waals surface area contributed by atoms with Crippen LogP contribution in [0, 0.1) is 6.92 Å². The number of hydrogen-bond donors (Lipinski definition) is 1. The first-order chi connectivity index (χ1) is 6.89. The molecular weight excluding hydrogens is 203 g/mol. The molecule has 1 fully saturated rings. The molecule has 15 heavy (non-hydrogen) atoms. The smallest absolute Gasteiger partial charge is 0.327 e. The predicted molar refractivity (Wildman–Crippen MR) is 51.5 cm³/mol. The molecule has 0 aliphatic heterocycles. The van der Waals surface area contributed by atoms with Crippen LogP contribution in [0.5, 0.6) is 0 Å². The van der Waals surface area contributed by atoms with Gasteiger partial charge in [0.15, 0.2) is 0 Å². The van der Waals surface area contributed by atoms with Crippen molar-refractivity contribution in [3.63, 3.8) is 0 Å². The van der Waals surface area contributed by atoms with Gasteiger partial charge in [0.25, 0.3) is 0 Å². The fraction of sp³-hybridized carbons (Fsp3) is 0.455. The van der Waals surface area contributed by atoms with Crippen molar-refractivity contribution in [2.24, 2.45) is 5.73 Å². The summed E-state index contributed by atoms with van der Waals surface area (Å²) in [6.07, 6.45) is -3.47. The van der Waals surface area contributed by atoms with Crippen molar-refractivity contribution in [1.29, 1.82) is 0 Å². The van der Waals surface area contributed by atoms with E-state index in [2.05, 4.69) is 0 Å². The van der Waals surface area contributed by atoms with Gasteiger partial charge in [-0.05, 0) is 30.5 Å². The Morgan fingerprint density at radius 1 is 1.33 bits per heavy atom. The van der Waals surface area contributed by atoms with Gasteiger partial charge < -0.3 is 5.73 Å². The van der Waals surface area contributed by atoms with Gasteiger partial charge in [-0.3, -0.25) is 0 Å². The molecule has 1 aliphatic carbocycles. The monoisotopic (exact) mass is 215 g/mol. The molecule has 0 spiro atoms. The summed E-state index contributed by atoms with van der Waals surface area (Å²) in [5, 5.41) is 0. The summed E-state index contributed by atoms with van der Waals surface area (Å²) >= 11 is 0. The second kappa shape index (κ2) is 3.23.